The second kappa shape index (κ2) is 11.9. The Kier molecular flexibility index (Phi) is 10.8. The van der Waals surface area contributed by atoms with Crippen LogP contribution in [0.1, 0.15) is 11.1 Å². The Bertz CT molecular complexity index is 658. The number of hydrogen-bond acceptors (Lipinski definition) is 6. The van der Waals surface area contributed by atoms with E-state index in [1.807, 2.05) is 0 Å². The number of carboxylic acid groups (broad SMARTS) is 2. The molecule has 2 rings (SSSR count). The summed E-state index contributed by atoms with van der Waals surface area (Å²) in [6.45, 7) is 0. The maximum Gasteiger partial charge on any atom is 2.00 e. The number of carbonyl (C=O) groups excluding carboxylic acids is 2. The van der Waals surface area contributed by atoms with Crippen LogP contribution in [0.15, 0.2) is 48.5 Å². The molecule has 0 saturated carbocycles. The molecule has 0 fully saturated rings. The summed E-state index contributed by atoms with van der Waals surface area (Å²) in [5, 5.41) is 38.3. The van der Waals surface area contributed by atoms with Gasteiger partial charge in [-0.05, 0) is 48.2 Å². The van der Waals surface area contributed by atoms with E-state index in [4.69, 9.17) is 21.7 Å². The number of aliphatic carboxylic acids is 2. The molecule has 2 atom stereocenters. The van der Waals surface area contributed by atoms with Crippen LogP contribution in [0, 0.1) is 0 Å². The van der Waals surface area contributed by atoms with Gasteiger partial charge in [-0.15, -0.1) is 0 Å². The molecule has 2 aromatic rings. The smallest absolute Gasteiger partial charge is 0.670 e. The van der Waals surface area contributed by atoms with E-state index >= 15 is 0 Å². The topological polar surface area (TPSA) is 168 Å². The standard InChI is InChI=1S/2C9H10NO3.Mn/c2*10-8(9(12)13)5-6-1-3-7(11)4-2-6;/h2*1-4,8,10-11H,5H2,(H,12,13);/q2*-1;+2/p-2. The van der Waals surface area contributed by atoms with Gasteiger partial charge in [0.2, 0.25) is 0 Å². The number of aromatic hydroxyl groups is 2. The van der Waals surface area contributed by atoms with Crippen LogP contribution in [-0.4, -0.2) is 34.2 Å². The SMILES string of the molecule is [Mn+2].[NH-]C(Cc1ccc(O)cc1)C(=O)[O-].[NH-]C(Cc1ccc(O)cc1)C(=O)[O-]. The molecule has 0 saturated heterocycles. The normalized spacial score (nSPS) is 11.9. The van der Waals surface area contributed by atoms with Gasteiger partial charge >= 0.3 is 17.1 Å². The van der Waals surface area contributed by atoms with Gasteiger partial charge in [0.15, 0.2) is 0 Å². The zero-order valence-electron chi connectivity index (χ0n) is 14.1. The van der Waals surface area contributed by atoms with E-state index in [-0.39, 0.29) is 41.4 Å². The van der Waals surface area contributed by atoms with E-state index in [0.717, 1.165) is 0 Å². The van der Waals surface area contributed by atoms with Gasteiger partial charge in [-0.1, -0.05) is 36.3 Å². The minimum absolute atomic E-state index is 0. The van der Waals surface area contributed by atoms with Crippen molar-refractivity contribution in [1.29, 1.82) is 0 Å². The average Bonchev–Trinajstić information content (AvgIpc) is 2.59. The molecule has 0 spiro atoms. The summed E-state index contributed by atoms with van der Waals surface area (Å²) >= 11 is 0. The van der Waals surface area contributed by atoms with Crippen LogP contribution in [-0.2, 0) is 39.5 Å². The molecule has 9 heteroatoms. The summed E-state index contributed by atoms with van der Waals surface area (Å²) in [6, 6.07) is 9.66. The number of nitrogens with one attached hydrogen (secondary N) is 2. The van der Waals surface area contributed by atoms with Crippen molar-refractivity contribution in [2.75, 3.05) is 0 Å². The molecule has 0 aromatic heterocycles. The molecule has 27 heavy (non-hydrogen) atoms. The molecule has 4 N–H and O–H groups in total. The Morgan fingerprint density at radius 3 is 1.22 bits per heavy atom. The van der Waals surface area contributed by atoms with Crippen molar-refractivity contribution < 1.29 is 47.1 Å². The van der Waals surface area contributed by atoms with Gasteiger partial charge in [-0.25, -0.2) is 0 Å². The van der Waals surface area contributed by atoms with Crippen LogP contribution in [0.5, 0.6) is 11.5 Å². The van der Waals surface area contributed by atoms with Crippen molar-refractivity contribution in [2.24, 2.45) is 0 Å². The van der Waals surface area contributed by atoms with Crippen molar-refractivity contribution in [3.8, 4) is 11.5 Å². The summed E-state index contributed by atoms with van der Waals surface area (Å²) in [7, 11) is 0. The Hall–Kier alpha value is -2.58. The van der Waals surface area contributed by atoms with E-state index in [1.54, 1.807) is 24.3 Å². The van der Waals surface area contributed by atoms with Crippen molar-refractivity contribution >= 4 is 11.9 Å². The molecule has 2 aromatic carbocycles. The summed E-state index contributed by atoms with van der Waals surface area (Å²) in [5.74, 6) is -2.52. The quantitative estimate of drug-likeness (QED) is 0.642. The first-order chi connectivity index (χ1) is 12.2. The number of phenols is 2. The van der Waals surface area contributed by atoms with E-state index < -0.39 is 24.0 Å². The molecule has 145 valence electrons. The van der Waals surface area contributed by atoms with Gasteiger partial charge in [-0.3, -0.25) is 0 Å². The number of carboxylic acids is 2. The summed E-state index contributed by atoms with van der Waals surface area (Å²) in [4.78, 5) is 20.4. The molecule has 2 unspecified atom stereocenters. The van der Waals surface area contributed by atoms with Gasteiger partial charge < -0.3 is 41.5 Å². The number of rotatable bonds is 6. The second-order valence-corrected chi connectivity index (χ2v) is 5.48. The largest absolute Gasteiger partial charge is 2.00 e. The monoisotopic (exact) mass is 413 g/mol. The molecule has 0 heterocycles. The minimum Gasteiger partial charge on any atom is -0.670 e. The Morgan fingerprint density at radius 2 is 1.00 bits per heavy atom. The van der Waals surface area contributed by atoms with E-state index in [0.29, 0.717) is 11.1 Å². The first kappa shape index (κ1) is 24.4. The number of phenolic OH excluding ortho intramolecular Hbond substituents is 2. The Labute approximate surface area is 166 Å². The van der Waals surface area contributed by atoms with Crippen LogP contribution in [0.2, 0.25) is 0 Å². The maximum absolute atomic E-state index is 10.2. The fourth-order valence-electron chi connectivity index (χ4n) is 1.90. The number of carbonyl (C=O) groups is 2. The predicted molar refractivity (Wildman–Crippen MR) is 89.9 cm³/mol. The van der Waals surface area contributed by atoms with Crippen molar-refractivity contribution in [2.45, 2.75) is 24.9 Å². The molecule has 8 nitrogen and oxygen atoms in total. The first-order valence-corrected chi connectivity index (χ1v) is 7.58. The van der Waals surface area contributed by atoms with Crippen molar-refractivity contribution in [3.63, 3.8) is 0 Å². The van der Waals surface area contributed by atoms with Crippen LogP contribution in [0.3, 0.4) is 0 Å². The molecule has 1 radical (unpaired) electrons. The predicted octanol–water partition coefficient (Wildman–Crippen LogP) is 0.208. The van der Waals surface area contributed by atoms with Gasteiger partial charge in [0.05, 0.1) is 0 Å². The van der Waals surface area contributed by atoms with Crippen LogP contribution >= 0.6 is 0 Å². The van der Waals surface area contributed by atoms with Crippen LogP contribution in [0.25, 0.3) is 11.5 Å². The first-order valence-electron chi connectivity index (χ1n) is 7.58. The van der Waals surface area contributed by atoms with Crippen molar-refractivity contribution in [3.05, 3.63) is 71.1 Å². The zero-order valence-corrected chi connectivity index (χ0v) is 15.3. The third-order valence-electron chi connectivity index (χ3n) is 3.32. The molecule has 0 aliphatic rings. The third-order valence-corrected chi connectivity index (χ3v) is 3.32. The molecule has 0 amide bonds. The molecular formula is C18H18MnN2O6-2. The van der Waals surface area contributed by atoms with E-state index in [9.17, 15) is 19.8 Å². The van der Waals surface area contributed by atoms with Crippen molar-refractivity contribution in [1.82, 2.24) is 0 Å². The zero-order chi connectivity index (χ0) is 19.7. The summed E-state index contributed by atoms with van der Waals surface area (Å²) in [5.41, 5.74) is 15.6. The average molecular weight is 413 g/mol. The fourth-order valence-corrected chi connectivity index (χ4v) is 1.90. The minimum atomic E-state index is -1.38. The molecule has 0 aliphatic carbocycles. The molecule has 0 aliphatic heterocycles. The molecule has 0 bridgehead atoms. The second-order valence-electron chi connectivity index (χ2n) is 5.48. The summed E-state index contributed by atoms with van der Waals surface area (Å²) < 4.78 is 0. The summed E-state index contributed by atoms with van der Waals surface area (Å²) in [6.07, 6.45) is 0.200. The Balaban J connectivity index is 0.000000483. The third kappa shape index (κ3) is 9.62. The number of hydrogen-bond donors (Lipinski definition) is 2. The fraction of sp³-hybridized carbons (Fsp3) is 0.222. The van der Waals surface area contributed by atoms with Gasteiger partial charge in [0, 0.05) is 11.9 Å². The molecular weight excluding hydrogens is 395 g/mol. The van der Waals surface area contributed by atoms with Gasteiger partial charge in [0.1, 0.15) is 11.5 Å². The van der Waals surface area contributed by atoms with Gasteiger partial charge in [-0.2, -0.15) is 0 Å². The van der Waals surface area contributed by atoms with E-state index in [1.165, 1.54) is 24.3 Å². The maximum atomic E-state index is 10.2. The number of benzene rings is 2. The van der Waals surface area contributed by atoms with Crippen LogP contribution < -0.4 is 10.2 Å². The van der Waals surface area contributed by atoms with E-state index in [2.05, 4.69) is 0 Å². The van der Waals surface area contributed by atoms with Crippen LogP contribution in [0.4, 0.5) is 0 Å². The Morgan fingerprint density at radius 1 is 0.741 bits per heavy atom. The van der Waals surface area contributed by atoms with Gasteiger partial charge in [0.25, 0.3) is 0 Å².